The highest BCUT2D eigenvalue weighted by Gasteiger charge is 2.21. The minimum atomic E-state index is -0.307. The van der Waals surface area contributed by atoms with Crippen LogP contribution in [0.5, 0.6) is 0 Å². The van der Waals surface area contributed by atoms with E-state index in [4.69, 9.17) is 4.74 Å². The number of hydrogen-bond donors (Lipinski definition) is 2. The van der Waals surface area contributed by atoms with E-state index in [0.717, 1.165) is 43.2 Å². The number of unbranched alkanes of at least 4 members (excludes halogenated alkanes) is 12. The molecule has 0 aliphatic carbocycles. The highest BCUT2D eigenvalue weighted by Crippen LogP contribution is 2.19. The number of rotatable bonds is 22. The highest BCUT2D eigenvalue weighted by atomic mass is 16.5. The molecule has 1 heterocycles. The first-order valence-electron chi connectivity index (χ1n) is 14.3. The molecule has 1 unspecified atom stereocenters. The maximum absolute atomic E-state index is 12.5. The molecule has 0 radical (unpaired) electrons. The Balaban J connectivity index is 1.50. The molecule has 0 aliphatic heterocycles. The molecule has 1 aromatic carbocycles. The Hall–Kier alpha value is -2.40. The van der Waals surface area contributed by atoms with Crippen LogP contribution in [0.25, 0.3) is 10.9 Å². The first-order valence-corrected chi connectivity index (χ1v) is 14.3. The van der Waals surface area contributed by atoms with E-state index in [1.807, 2.05) is 25.3 Å². The zero-order valence-electron chi connectivity index (χ0n) is 22.4. The van der Waals surface area contributed by atoms with Gasteiger partial charge >= 0.3 is 5.97 Å². The van der Waals surface area contributed by atoms with Crippen LogP contribution in [-0.2, 0) is 20.7 Å². The van der Waals surface area contributed by atoms with Crippen molar-refractivity contribution in [2.24, 2.45) is 0 Å². The summed E-state index contributed by atoms with van der Waals surface area (Å²) < 4.78 is 5.32. The average Bonchev–Trinajstić information content (AvgIpc) is 3.30. The maximum Gasteiger partial charge on any atom is 0.323 e. The van der Waals surface area contributed by atoms with Crippen molar-refractivity contribution in [3.63, 3.8) is 0 Å². The molecule has 36 heavy (non-hydrogen) atoms. The van der Waals surface area contributed by atoms with Gasteiger partial charge in [0, 0.05) is 29.9 Å². The van der Waals surface area contributed by atoms with Gasteiger partial charge in [-0.15, -0.1) is 0 Å². The molecule has 5 heteroatoms. The largest absolute Gasteiger partial charge is 0.465 e. The van der Waals surface area contributed by atoms with Crippen LogP contribution < -0.4 is 5.32 Å². The first kappa shape index (κ1) is 29.8. The summed E-state index contributed by atoms with van der Waals surface area (Å²) in [6.07, 6.45) is 24.9. The normalized spacial score (nSPS) is 12.4. The lowest BCUT2D eigenvalue weighted by Crippen LogP contribution is -2.40. The van der Waals surface area contributed by atoms with Crippen LogP contribution in [0.2, 0.25) is 0 Å². The number of carbonyl (C=O) groups is 2. The third-order valence-electron chi connectivity index (χ3n) is 6.72. The van der Waals surface area contributed by atoms with Crippen LogP contribution in [0.4, 0.5) is 0 Å². The van der Waals surface area contributed by atoms with Crippen LogP contribution in [0.3, 0.4) is 0 Å². The van der Waals surface area contributed by atoms with E-state index in [1.165, 1.54) is 76.0 Å². The second-order valence-electron chi connectivity index (χ2n) is 9.72. The topological polar surface area (TPSA) is 71.2 Å². The van der Waals surface area contributed by atoms with Crippen LogP contribution in [0, 0.1) is 0 Å². The van der Waals surface area contributed by atoms with E-state index in [0.29, 0.717) is 13.0 Å². The molecule has 0 spiro atoms. The Morgan fingerprint density at radius 2 is 1.50 bits per heavy atom. The van der Waals surface area contributed by atoms with Gasteiger partial charge < -0.3 is 19.8 Å². The minimum absolute atomic E-state index is 0.162. The fourth-order valence-corrected chi connectivity index (χ4v) is 4.63. The predicted molar refractivity (Wildman–Crippen MR) is 150 cm³/mol. The smallest absolute Gasteiger partial charge is 0.323 e. The first-order chi connectivity index (χ1) is 17.8. The van der Waals surface area contributed by atoms with Gasteiger partial charge in [-0.3, -0.25) is 4.79 Å². The van der Waals surface area contributed by atoms with E-state index >= 15 is 0 Å². The van der Waals surface area contributed by atoms with Crippen LogP contribution >= 0.6 is 0 Å². The number of allylic oxidation sites excluding steroid dienone is 2. The molecule has 1 aromatic heterocycles. The third kappa shape index (κ3) is 12.5. The van der Waals surface area contributed by atoms with Gasteiger partial charge in [0.15, 0.2) is 0 Å². The molecule has 0 fully saturated rings. The van der Waals surface area contributed by atoms with Gasteiger partial charge in [-0.1, -0.05) is 75.3 Å². The number of aldehydes is 1. The number of carbonyl (C=O) groups excluding carboxylic acids is 2. The van der Waals surface area contributed by atoms with Crippen molar-refractivity contribution >= 4 is 23.2 Å². The fourth-order valence-electron chi connectivity index (χ4n) is 4.63. The van der Waals surface area contributed by atoms with Crippen molar-refractivity contribution in [1.82, 2.24) is 10.3 Å². The van der Waals surface area contributed by atoms with Crippen molar-refractivity contribution in [2.75, 3.05) is 13.2 Å². The lowest BCUT2D eigenvalue weighted by Gasteiger charge is -2.17. The molecule has 2 aromatic rings. The summed E-state index contributed by atoms with van der Waals surface area (Å²) in [5.41, 5.74) is 2.25. The van der Waals surface area contributed by atoms with E-state index in [2.05, 4.69) is 34.6 Å². The van der Waals surface area contributed by atoms with Gasteiger partial charge in [0.2, 0.25) is 0 Å². The third-order valence-corrected chi connectivity index (χ3v) is 6.72. The summed E-state index contributed by atoms with van der Waals surface area (Å²) in [5, 5.41) is 4.62. The lowest BCUT2D eigenvalue weighted by molar-refractivity contribution is -0.145. The fraction of sp³-hybridized carbons (Fsp3) is 0.613. The van der Waals surface area contributed by atoms with E-state index in [1.54, 1.807) is 0 Å². The monoisotopic (exact) mass is 496 g/mol. The number of aromatic nitrogens is 1. The Bertz CT molecular complexity index is 874. The van der Waals surface area contributed by atoms with Crippen LogP contribution in [0.15, 0.2) is 42.6 Å². The predicted octanol–water partition coefficient (Wildman–Crippen LogP) is 7.45. The number of esters is 1. The molecular formula is C31H48N2O3. The van der Waals surface area contributed by atoms with Crippen molar-refractivity contribution in [3.05, 3.63) is 48.2 Å². The second kappa shape index (κ2) is 19.7. The molecule has 0 amide bonds. The molecule has 5 nitrogen and oxygen atoms in total. The lowest BCUT2D eigenvalue weighted by atomic mass is 10.0. The van der Waals surface area contributed by atoms with Crippen molar-refractivity contribution < 1.29 is 14.3 Å². The zero-order chi connectivity index (χ0) is 25.7. The molecule has 0 saturated heterocycles. The number of nitrogens with one attached hydrogen (secondary N) is 2. The molecule has 0 saturated carbocycles. The van der Waals surface area contributed by atoms with Crippen molar-refractivity contribution in [3.8, 4) is 0 Å². The molecule has 0 bridgehead atoms. The van der Waals surface area contributed by atoms with E-state index in [-0.39, 0.29) is 12.0 Å². The SMILES string of the molecule is CCOC(=O)C(Cc1c[nH]c2ccccc12)NCCCCCCCC/C=C\CCCCCCCC=O. The zero-order valence-corrected chi connectivity index (χ0v) is 22.4. The maximum atomic E-state index is 12.5. The number of aromatic amines is 1. The summed E-state index contributed by atoms with van der Waals surface area (Å²) in [6, 6.07) is 7.90. The molecular weight excluding hydrogens is 448 g/mol. The van der Waals surface area contributed by atoms with Gasteiger partial charge in [0.25, 0.3) is 0 Å². The highest BCUT2D eigenvalue weighted by molar-refractivity contribution is 5.84. The number of ether oxygens (including phenoxy) is 1. The quantitative estimate of drug-likeness (QED) is 0.0768. The van der Waals surface area contributed by atoms with E-state index < -0.39 is 0 Å². The van der Waals surface area contributed by atoms with E-state index in [9.17, 15) is 9.59 Å². The van der Waals surface area contributed by atoms with Gasteiger partial charge in [-0.05, 0) is 63.6 Å². The number of benzene rings is 1. The summed E-state index contributed by atoms with van der Waals surface area (Å²) in [6.45, 7) is 3.10. The number of para-hydroxylation sites is 1. The summed E-state index contributed by atoms with van der Waals surface area (Å²) in [5.74, 6) is -0.162. The van der Waals surface area contributed by atoms with Gasteiger partial charge in [-0.25, -0.2) is 0 Å². The number of fused-ring (bicyclic) bond motifs is 1. The Kier molecular flexibility index (Phi) is 16.4. The van der Waals surface area contributed by atoms with Gasteiger partial charge in [-0.2, -0.15) is 0 Å². The Morgan fingerprint density at radius 1 is 0.889 bits per heavy atom. The molecule has 0 aliphatic rings. The van der Waals surface area contributed by atoms with Crippen molar-refractivity contribution in [1.29, 1.82) is 0 Å². The second-order valence-corrected chi connectivity index (χ2v) is 9.72. The summed E-state index contributed by atoms with van der Waals surface area (Å²) >= 11 is 0. The number of H-pyrrole nitrogens is 1. The molecule has 2 N–H and O–H groups in total. The average molecular weight is 497 g/mol. The number of hydrogen-bond acceptors (Lipinski definition) is 4. The van der Waals surface area contributed by atoms with Crippen LogP contribution in [-0.4, -0.2) is 36.4 Å². The van der Waals surface area contributed by atoms with Gasteiger partial charge in [0.05, 0.1) is 6.61 Å². The summed E-state index contributed by atoms with van der Waals surface area (Å²) in [4.78, 5) is 26.1. The standard InChI is InChI=1S/C31H48N2O3/c1-2-36-31(35)30(25-27-26-33-29-22-18-17-21-28(27)29)32-23-19-15-13-11-9-7-5-3-4-6-8-10-12-14-16-20-24-34/h3-4,17-18,21-22,24,26,30,32-33H,2,5-16,19-20,23,25H2,1H3/b4-3-. The summed E-state index contributed by atoms with van der Waals surface area (Å²) in [7, 11) is 0. The minimum Gasteiger partial charge on any atom is -0.465 e. The molecule has 200 valence electrons. The Labute approximate surface area is 218 Å². The molecule has 1 atom stereocenters. The van der Waals surface area contributed by atoms with Crippen LogP contribution in [0.1, 0.15) is 102 Å². The van der Waals surface area contributed by atoms with Gasteiger partial charge in [0.1, 0.15) is 12.3 Å². The van der Waals surface area contributed by atoms with Crippen molar-refractivity contribution in [2.45, 2.75) is 109 Å². The Morgan fingerprint density at radius 3 is 2.17 bits per heavy atom. The molecule has 2 rings (SSSR count).